The van der Waals surface area contributed by atoms with E-state index < -0.39 is 0 Å². The fraction of sp³-hybridized carbons (Fsp3) is 0.316. The summed E-state index contributed by atoms with van der Waals surface area (Å²) >= 11 is 0. The molecular formula is C19H23NO5. The van der Waals surface area contributed by atoms with Crippen molar-refractivity contribution in [2.75, 3.05) is 27.9 Å². The van der Waals surface area contributed by atoms with Gasteiger partial charge in [-0.2, -0.15) is 0 Å². The summed E-state index contributed by atoms with van der Waals surface area (Å²) in [6, 6.07) is 10.6. The number of nitrogens with one attached hydrogen (secondary N) is 1. The first-order valence-corrected chi connectivity index (χ1v) is 7.91. The van der Waals surface area contributed by atoms with Gasteiger partial charge >= 0.3 is 0 Å². The fourth-order valence-electron chi connectivity index (χ4n) is 2.48. The van der Waals surface area contributed by atoms with Gasteiger partial charge in [-0.3, -0.25) is 4.79 Å². The van der Waals surface area contributed by atoms with Gasteiger partial charge in [0.2, 0.25) is 5.91 Å². The minimum atomic E-state index is -0.106. The number of aromatic hydroxyl groups is 1. The Bertz CT molecular complexity index is 730. The third kappa shape index (κ3) is 5.04. The Hall–Kier alpha value is -2.89. The second kappa shape index (κ2) is 8.82. The van der Waals surface area contributed by atoms with Crippen LogP contribution in [-0.4, -0.2) is 38.9 Å². The van der Waals surface area contributed by atoms with E-state index in [1.165, 1.54) is 13.2 Å². The van der Waals surface area contributed by atoms with Crippen LogP contribution in [0.3, 0.4) is 0 Å². The Kier molecular flexibility index (Phi) is 6.51. The van der Waals surface area contributed by atoms with Gasteiger partial charge in [0.1, 0.15) is 0 Å². The van der Waals surface area contributed by atoms with Crippen molar-refractivity contribution in [2.45, 2.75) is 12.8 Å². The molecule has 2 aromatic carbocycles. The molecule has 6 nitrogen and oxygen atoms in total. The fourth-order valence-corrected chi connectivity index (χ4v) is 2.48. The van der Waals surface area contributed by atoms with Crippen LogP contribution in [0.25, 0.3) is 0 Å². The SMILES string of the molecule is COc1ccc(CC(=O)NCCc2ccc(OC)c(OC)c2)cc1O. The number of benzene rings is 2. The molecule has 0 atom stereocenters. The number of ether oxygens (including phenoxy) is 3. The Labute approximate surface area is 147 Å². The molecule has 0 aliphatic carbocycles. The number of phenolic OH excluding ortho intramolecular Hbond substituents is 1. The van der Waals surface area contributed by atoms with Gasteiger partial charge in [-0.25, -0.2) is 0 Å². The van der Waals surface area contributed by atoms with Crippen LogP contribution in [0.4, 0.5) is 0 Å². The minimum Gasteiger partial charge on any atom is -0.504 e. The molecule has 1 amide bonds. The van der Waals surface area contributed by atoms with Crippen LogP contribution in [-0.2, 0) is 17.6 Å². The van der Waals surface area contributed by atoms with Crippen LogP contribution >= 0.6 is 0 Å². The van der Waals surface area contributed by atoms with Crippen LogP contribution in [0.5, 0.6) is 23.0 Å². The van der Waals surface area contributed by atoms with Crippen molar-refractivity contribution in [3.63, 3.8) is 0 Å². The summed E-state index contributed by atoms with van der Waals surface area (Å²) in [7, 11) is 4.66. The number of rotatable bonds is 8. The highest BCUT2D eigenvalue weighted by Crippen LogP contribution is 2.28. The molecule has 0 saturated carbocycles. The third-order valence-electron chi connectivity index (χ3n) is 3.79. The topological polar surface area (TPSA) is 77.0 Å². The largest absolute Gasteiger partial charge is 0.504 e. The van der Waals surface area contributed by atoms with E-state index in [9.17, 15) is 9.90 Å². The van der Waals surface area contributed by atoms with Crippen molar-refractivity contribution in [2.24, 2.45) is 0 Å². The average Bonchev–Trinajstić information content (AvgIpc) is 2.61. The first-order chi connectivity index (χ1) is 12.1. The minimum absolute atomic E-state index is 0.0260. The second-order valence-electron chi connectivity index (χ2n) is 5.47. The Morgan fingerprint density at radius 2 is 1.56 bits per heavy atom. The Morgan fingerprint density at radius 1 is 0.920 bits per heavy atom. The lowest BCUT2D eigenvalue weighted by atomic mass is 10.1. The first-order valence-electron chi connectivity index (χ1n) is 7.91. The molecule has 0 aliphatic heterocycles. The van der Waals surface area contributed by atoms with E-state index in [2.05, 4.69) is 5.32 Å². The van der Waals surface area contributed by atoms with Crippen LogP contribution in [0, 0.1) is 0 Å². The number of methoxy groups -OCH3 is 3. The number of hydrogen-bond donors (Lipinski definition) is 2. The van der Waals surface area contributed by atoms with Crippen molar-refractivity contribution >= 4 is 5.91 Å². The Morgan fingerprint density at radius 3 is 2.20 bits per heavy atom. The summed E-state index contributed by atoms with van der Waals surface area (Å²) in [5, 5.41) is 12.6. The summed E-state index contributed by atoms with van der Waals surface area (Å²) in [6.07, 6.45) is 0.878. The molecule has 0 radical (unpaired) electrons. The number of phenols is 1. The lowest BCUT2D eigenvalue weighted by molar-refractivity contribution is -0.120. The molecule has 0 bridgehead atoms. The van der Waals surface area contributed by atoms with Crippen molar-refractivity contribution in [3.8, 4) is 23.0 Å². The van der Waals surface area contributed by atoms with E-state index in [-0.39, 0.29) is 18.1 Å². The summed E-state index contributed by atoms with van der Waals surface area (Å²) in [6.45, 7) is 0.510. The van der Waals surface area contributed by atoms with Crippen LogP contribution in [0.2, 0.25) is 0 Å². The highest BCUT2D eigenvalue weighted by atomic mass is 16.5. The third-order valence-corrected chi connectivity index (χ3v) is 3.79. The number of amides is 1. The average molecular weight is 345 g/mol. The van der Waals surface area contributed by atoms with Crippen molar-refractivity contribution in [1.82, 2.24) is 5.32 Å². The van der Waals surface area contributed by atoms with E-state index in [0.29, 0.717) is 30.2 Å². The van der Waals surface area contributed by atoms with E-state index in [1.54, 1.807) is 26.4 Å². The lowest BCUT2D eigenvalue weighted by Gasteiger charge is -2.10. The molecule has 0 saturated heterocycles. The molecule has 0 unspecified atom stereocenters. The molecule has 0 heterocycles. The zero-order valence-corrected chi connectivity index (χ0v) is 14.7. The van der Waals surface area contributed by atoms with Crippen LogP contribution in [0.15, 0.2) is 36.4 Å². The molecule has 134 valence electrons. The number of carbonyl (C=O) groups excluding carboxylic acids is 1. The van der Waals surface area contributed by atoms with Gasteiger partial charge in [0, 0.05) is 6.54 Å². The molecule has 0 fully saturated rings. The molecule has 0 spiro atoms. The predicted octanol–water partition coefficient (Wildman–Crippen LogP) is 2.32. The molecule has 25 heavy (non-hydrogen) atoms. The maximum Gasteiger partial charge on any atom is 0.224 e. The van der Waals surface area contributed by atoms with Gasteiger partial charge in [0.25, 0.3) is 0 Å². The molecule has 2 rings (SSSR count). The van der Waals surface area contributed by atoms with Crippen molar-refractivity contribution in [3.05, 3.63) is 47.5 Å². The van der Waals surface area contributed by atoms with E-state index in [4.69, 9.17) is 14.2 Å². The predicted molar refractivity (Wildman–Crippen MR) is 94.6 cm³/mol. The van der Waals surface area contributed by atoms with Crippen LogP contribution in [0.1, 0.15) is 11.1 Å². The zero-order valence-electron chi connectivity index (χ0n) is 14.7. The second-order valence-corrected chi connectivity index (χ2v) is 5.47. The standard InChI is InChI=1S/C19H23NO5/c1-23-16-6-5-14(10-15(16)21)12-19(22)20-9-8-13-4-7-17(24-2)18(11-13)25-3/h4-7,10-11,21H,8-9,12H2,1-3H3,(H,20,22). The summed E-state index contributed by atoms with van der Waals surface area (Å²) in [5.41, 5.74) is 1.77. The van der Waals surface area contributed by atoms with Crippen LogP contribution < -0.4 is 19.5 Å². The first kappa shape index (κ1) is 18.4. The molecule has 2 aromatic rings. The number of carbonyl (C=O) groups is 1. The molecule has 6 heteroatoms. The molecule has 2 N–H and O–H groups in total. The Balaban J connectivity index is 1.85. The van der Waals surface area contributed by atoms with E-state index in [0.717, 1.165) is 11.1 Å². The summed E-state index contributed by atoms with van der Waals surface area (Å²) < 4.78 is 15.5. The van der Waals surface area contributed by atoms with E-state index in [1.807, 2.05) is 18.2 Å². The lowest BCUT2D eigenvalue weighted by Crippen LogP contribution is -2.27. The van der Waals surface area contributed by atoms with E-state index >= 15 is 0 Å². The summed E-state index contributed by atoms with van der Waals surface area (Å²) in [5.74, 6) is 1.65. The van der Waals surface area contributed by atoms with Crippen molar-refractivity contribution in [1.29, 1.82) is 0 Å². The molecule has 0 aromatic heterocycles. The van der Waals surface area contributed by atoms with Gasteiger partial charge in [-0.15, -0.1) is 0 Å². The van der Waals surface area contributed by atoms with Gasteiger partial charge in [-0.05, 0) is 41.8 Å². The smallest absolute Gasteiger partial charge is 0.224 e. The van der Waals surface area contributed by atoms with Gasteiger partial charge in [0.15, 0.2) is 23.0 Å². The quantitative estimate of drug-likeness (QED) is 0.768. The highest BCUT2D eigenvalue weighted by molar-refractivity contribution is 5.78. The van der Waals surface area contributed by atoms with Crippen molar-refractivity contribution < 1.29 is 24.1 Å². The maximum absolute atomic E-state index is 12.0. The highest BCUT2D eigenvalue weighted by Gasteiger charge is 2.08. The molecule has 0 aliphatic rings. The maximum atomic E-state index is 12.0. The number of hydrogen-bond acceptors (Lipinski definition) is 5. The van der Waals surface area contributed by atoms with Gasteiger partial charge in [0.05, 0.1) is 27.8 Å². The summed E-state index contributed by atoms with van der Waals surface area (Å²) in [4.78, 5) is 12.0. The normalized spacial score (nSPS) is 10.2. The zero-order chi connectivity index (χ0) is 18.2. The van der Waals surface area contributed by atoms with Gasteiger partial charge < -0.3 is 24.6 Å². The molecular weight excluding hydrogens is 322 g/mol. The monoisotopic (exact) mass is 345 g/mol. The van der Waals surface area contributed by atoms with Gasteiger partial charge in [-0.1, -0.05) is 12.1 Å².